The van der Waals surface area contributed by atoms with Crippen LogP contribution in [0.1, 0.15) is 41.8 Å². The van der Waals surface area contributed by atoms with Crippen LogP contribution in [-0.4, -0.2) is 35.2 Å². The van der Waals surface area contributed by atoms with Gasteiger partial charge in [-0.05, 0) is 18.9 Å². The molecule has 1 spiro atoms. The summed E-state index contributed by atoms with van der Waals surface area (Å²) in [6, 6.07) is 1.36. The first-order valence-electron chi connectivity index (χ1n) is 6.36. The highest BCUT2D eigenvalue weighted by atomic mass is 16.7. The van der Waals surface area contributed by atoms with Crippen molar-refractivity contribution in [2.45, 2.75) is 37.1 Å². The molecule has 0 aromatic carbocycles. The van der Waals surface area contributed by atoms with Crippen LogP contribution in [0, 0.1) is 0 Å². The van der Waals surface area contributed by atoms with E-state index in [9.17, 15) is 9.90 Å². The molecular weight excluding hydrogens is 252 g/mol. The van der Waals surface area contributed by atoms with Crippen LogP contribution in [0.15, 0.2) is 16.7 Å². The van der Waals surface area contributed by atoms with Crippen LogP contribution in [0.3, 0.4) is 0 Å². The van der Waals surface area contributed by atoms with E-state index in [4.69, 9.17) is 19.0 Å². The summed E-state index contributed by atoms with van der Waals surface area (Å²) in [6.07, 6.45) is 3.08. The molecule has 1 aromatic rings. The molecule has 1 saturated carbocycles. The van der Waals surface area contributed by atoms with E-state index in [1.54, 1.807) is 0 Å². The fourth-order valence-corrected chi connectivity index (χ4v) is 2.90. The minimum atomic E-state index is -1.25. The first kappa shape index (κ1) is 12.7. The van der Waals surface area contributed by atoms with E-state index in [0.717, 1.165) is 0 Å². The highest BCUT2D eigenvalue weighted by Gasteiger charge is 2.48. The fourth-order valence-electron chi connectivity index (χ4n) is 2.90. The lowest BCUT2D eigenvalue weighted by atomic mass is 9.79. The van der Waals surface area contributed by atoms with Crippen molar-refractivity contribution in [2.24, 2.45) is 0 Å². The Morgan fingerprint density at radius 3 is 2.37 bits per heavy atom. The molecule has 104 valence electrons. The predicted molar refractivity (Wildman–Crippen MR) is 62.7 cm³/mol. The Morgan fingerprint density at radius 1 is 1.16 bits per heavy atom. The van der Waals surface area contributed by atoms with E-state index in [1.165, 1.54) is 12.3 Å². The lowest BCUT2D eigenvalue weighted by Crippen LogP contribution is -2.42. The molecule has 1 aliphatic heterocycles. The minimum Gasteiger partial charge on any atom is -0.478 e. The lowest BCUT2D eigenvalue weighted by Gasteiger charge is -2.39. The zero-order valence-electron chi connectivity index (χ0n) is 10.4. The third-order valence-electron chi connectivity index (χ3n) is 3.97. The summed E-state index contributed by atoms with van der Waals surface area (Å²) in [5.41, 5.74) is -1.23. The SMILES string of the molecule is O=C(O)c1ccoc1C1(O)CCC2(CC1)OCCO2. The Hall–Kier alpha value is -1.37. The molecule has 2 aliphatic rings. The average molecular weight is 268 g/mol. The van der Waals surface area contributed by atoms with Crippen molar-refractivity contribution in [2.75, 3.05) is 13.2 Å². The summed E-state index contributed by atoms with van der Waals surface area (Å²) in [7, 11) is 0. The molecule has 0 atom stereocenters. The molecule has 1 saturated heterocycles. The van der Waals surface area contributed by atoms with Gasteiger partial charge in [-0.3, -0.25) is 0 Å². The van der Waals surface area contributed by atoms with Gasteiger partial charge in [-0.25, -0.2) is 4.79 Å². The Morgan fingerprint density at radius 2 is 1.79 bits per heavy atom. The van der Waals surface area contributed by atoms with Crippen LogP contribution in [0.25, 0.3) is 0 Å². The van der Waals surface area contributed by atoms with Gasteiger partial charge in [0.1, 0.15) is 16.9 Å². The minimum absolute atomic E-state index is 0.0201. The van der Waals surface area contributed by atoms with E-state index in [-0.39, 0.29) is 11.3 Å². The van der Waals surface area contributed by atoms with Gasteiger partial charge < -0.3 is 24.1 Å². The second kappa shape index (κ2) is 4.33. The molecule has 0 amide bonds. The van der Waals surface area contributed by atoms with Crippen molar-refractivity contribution in [3.05, 3.63) is 23.7 Å². The number of rotatable bonds is 2. The highest BCUT2D eigenvalue weighted by molar-refractivity contribution is 5.89. The van der Waals surface area contributed by atoms with Crippen molar-refractivity contribution in [1.29, 1.82) is 0 Å². The number of aromatic carboxylic acids is 1. The molecule has 6 nitrogen and oxygen atoms in total. The molecular formula is C13H16O6. The summed E-state index contributed by atoms with van der Waals surface area (Å²) in [6.45, 7) is 1.14. The average Bonchev–Trinajstić information content (AvgIpc) is 3.04. The number of aliphatic hydroxyl groups is 1. The molecule has 0 bridgehead atoms. The standard InChI is InChI=1S/C13H16O6/c14-11(15)9-1-6-17-10(9)12(16)2-4-13(5-3-12)18-7-8-19-13/h1,6,16H,2-5,7-8H2,(H,14,15). The molecule has 2 N–H and O–H groups in total. The van der Waals surface area contributed by atoms with Crippen molar-refractivity contribution in [1.82, 2.24) is 0 Å². The van der Waals surface area contributed by atoms with E-state index in [0.29, 0.717) is 38.9 Å². The number of carbonyl (C=O) groups is 1. The smallest absolute Gasteiger partial charge is 0.339 e. The molecule has 6 heteroatoms. The Labute approximate surface area is 109 Å². The van der Waals surface area contributed by atoms with Gasteiger partial charge >= 0.3 is 5.97 Å². The van der Waals surface area contributed by atoms with Crippen LogP contribution in [0.2, 0.25) is 0 Å². The van der Waals surface area contributed by atoms with E-state index < -0.39 is 17.4 Å². The topological polar surface area (TPSA) is 89.1 Å². The Kier molecular flexibility index (Phi) is 2.88. The molecule has 2 fully saturated rings. The van der Waals surface area contributed by atoms with Gasteiger partial charge in [-0.1, -0.05) is 0 Å². The van der Waals surface area contributed by atoms with Crippen molar-refractivity contribution >= 4 is 5.97 Å². The number of furan rings is 1. The van der Waals surface area contributed by atoms with Crippen LogP contribution < -0.4 is 0 Å². The molecule has 1 aliphatic carbocycles. The van der Waals surface area contributed by atoms with Crippen LogP contribution in [0.4, 0.5) is 0 Å². The second-order valence-corrected chi connectivity index (χ2v) is 5.11. The number of carboxylic acids is 1. The van der Waals surface area contributed by atoms with Gasteiger partial charge in [-0.15, -0.1) is 0 Å². The van der Waals surface area contributed by atoms with Crippen molar-refractivity contribution < 1.29 is 28.9 Å². The molecule has 2 heterocycles. The number of carboxylic acid groups (broad SMARTS) is 1. The summed E-state index contributed by atoms with van der Waals surface area (Å²) < 4.78 is 16.4. The number of hydrogen-bond acceptors (Lipinski definition) is 5. The molecule has 1 aromatic heterocycles. The van der Waals surface area contributed by atoms with Crippen LogP contribution >= 0.6 is 0 Å². The summed E-state index contributed by atoms with van der Waals surface area (Å²) >= 11 is 0. The maximum Gasteiger partial charge on any atom is 0.339 e. The summed E-state index contributed by atoms with van der Waals surface area (Å²) in [5, 5.41) is 19.7. The number of ether oxygens (including phenoxy) is 2. The van der Waals surface area contributed by atoms with E-state index in [1.807, 2.05) is 0 Å². The first-order valence-corrected chi connectivity index (χ1v) is 6.36. The third kappa shape index (κ3) is 2.05. The van der Waals surface area contributed by atoms with Gasteiger partial charge in [0.15, 0.2) is 5.79 Å². The second-order valence-electron chi connectivity index (χ2n) is 5.11. The van der Waals surface area contributed by atoms with Crippen LogP contribution in [0.5, 0.6) is 0 Å². The lowest BCUT2D eigenvalue weighted by molar-refractivity contribution is -0.206. The van der Waals surface area contributed by atoms with E-state index in [2.05, 4.69) is 0 Å². The zero-order valence-corrected chi connectivity index (χ0v) is 10.4. The maximum atomic E-state index is 11.1. The monoisotopic (exact) mass is 268 g/mol. The van der Waals surface area contributed by atoms with Gasteiger partial charge in [0.25, 0.3) is 0 Å². The summed E-state index contributed by atoms with van der Waals surface area (Å²) in [5.74, 6) is -1.55. The predicted octanol–water partition coefficient (Wildman–Crippen LogP) is 1.48. The third-order valence-corrected chi connectivity index (χ3v) is 3.97. The maximum absolute atomic E-state index is 11.1. The zero-order chi connectivity index (χ0) is 13.5. The molecule has 19 heavy (non-hydrogen) atoms. The fraction of sp³-hybridized carbons (Fsp3) is 0.615. The van der Waals surface area contributed by atoms with E-state index >= 15 is 0 Å². The number of hydrogen-bond donors (Lipinski definition) is 2. The van der Waals surface area contributed by atoms with Gasteiger partial charge in [-0.2, -0.15) is 0 Å². The largest absolute Gasteiger partial charge is 0.478 e. The quantitative estimate of drug-likeness (QED) is 0.844. The highest BCUT2D eigenvalue weighted by Crippen LogP contribution is 2.45. The van der Waals surface area contributed by atoms with Crippen molar-refractivity contribution in [3.8, 4) is 0 Å². The normalized spacial score (nSPS) is 24.7. The van der Waals surface area contributed by atoms with Gasteiger partial charge in [0.05, 0.1) is 19.5 Å². The molecule has 3 rings (SSSR count). The van der Waals surface area contributed by atoms with Gasteiger partial charge in [0.2, 0.25) is 0 Å². The first-order chi connectivity index (χ1) is 9.05. The molecule has 0 radical (unpaired) electrons. The Bertz CT molecular complexity index is 475. The molecule has 0 unspecified atom stereocenters. The van der Waals surface area contributed by atoms with Gasteiger partial charge in [0, 0.05) is 12.8 Å². The summed E-state index contributed by atoms with van der Waals surface area (Å²) in [4.78, 5) is 11.1. The van der Waals surface area contributed by atoms with Crippen LogP contribution in [-0.2, 0) is 15.1 Å². The Balaban J connectivity index is 1.81. The van der Waals surface area contributed by atoms with Crippen molar-refractivity contribution in [3.63, 3.8) is 0 Å².